The first kappa shape index (κ1) is 13.5. The zero-order valence-electron chi connectivity index (χ0n) is 11.3. The van der Waals surface area contributed by atoms with Gasteiger partial charge in [-0.3, -0.25) is 4.79 Å². The van der Waals surface area contributed by atoms with E-state index in [0.29, 0.717) is 24.3 Å². The van der Waals surface area contributed by atoms with Gasteiger partial charge in [-0.15, -0.1) is 0 Å². The molecule has 1 heterocycles. The number of carbonyl (C=O) groups excluding carboxylic acids is 1. The lowest BCUT2D eigenvalue weighted by Gasteiger charge is -2.19. The first-order valence-corrected chi connectivity index (χ1v) is 6.68. The number of anilines is 2. The number of nitrogens with two attached hydrogens (primary N) is 1. The summed E-state index contributed by atoms with van der Waals surface area (Å²) >= 11 is 0. The highest BCUT2D eigenvalue weighted by Crippen LogP contribution is 2.34. The number of carbonyl (C=O) groups is 1. The zero-order valence-corrected chi connectivity index (χ0v) is 11.3. The lowest BCUT2D eigenvalue weighted by atomic mass is 10.1. The van der Waals surface area contributed by atoms with Crippen LogP contribution in [-0.4, -0.2) is 12.5 Å². The van der Waals surface area contributed by atoms with Gasteiger partial charge in [0.05, 0.1) is 17.8 Å². The molecule has 1 aliphatic rings. The Morgan fingerprint density at radius 3 is 2.52 bits per heavy atom. The van der Waals surface area contributed by atoms with Gasteiger partial charge >= 0.3 is 0 Å². The summed E-state index contributed by atoms with van der Waals surface area (Å²) in [5, 5.41) is 0. The van der Waals surface area contributed by atoms with Crippen molar-refractivity contribution in [2.24, 2.45) is 0 Å². The molecule has 0 spiro atoms. The Balaban J connectivity index is 1.89. The van der Waals surface area contributed by atoms with E-state index in [0.717, 1.165) is 17.7 Å². The standard InChI is InChI=1S/C16H14F2N2O/c17-12-4-2-5-13(18)11(12)9-15(21)20-8-7-10-3-1-6-14(19)16(10)20/h1-6H,7-9,19H2. The molecule has 3 rings (SSSR count). The second-order valence-corrected chi connectivity index (χ2v) is 5.03. The summed E-state index contributed by atoms with van der Waals surface area (Å²) in [5.41, 5.74) is 7.86. The van der Waals surface area contributed by atoms with Crippen molar-refractivity contribution < 1.29 is 13.6 Å². The summed E-state index contributed by atoms with van der Waals surface area (Å²) < 4.78 is 27.3. The van der Waals surface area contributed by atoms with Gasteiger partial charge in [0, 0.05) is 12.1 Å². The van der Waals surface area contributed by atoms with E-state index in [1.54, 1.807) is 6.07 Å². The lowest BCUT2D eigenvalue weighted by molar-refractivity contribution is -0.118. The van der Waals surface area contributed by atoms with Gasteiger partial charge in [0.25, 0.3) is 0 Å². The fourth-order valence-corrected chi connectivity index (χ4v) is 2.68. The number of para-hydroxylation sites is 1. The van der Waals surface area contributed by atoms with Crippen molar-refractivity contribution in [2.45, 2.75) is 12.8 Å². The van der Waals surface area contributed by atoms with Crippen molar-refractivity contribution in [3.63, 3.8) is 0 Å². The monoisotopic (exact) mass is 288 g/mol. The quantitative estimate of drug-likeness (QED) is 0.864. The van der Waals surface area contributed by atoms with Crippen LogP contribution in [-0.2, 0) is 17.6 Å². The first-order valence-electron chi connectivity index (χ1n) is 6.68. The third-order valence-electron chi connectivity index (χ3n) is 3.72. The van der Waals surface area contributed by atoms with Gasteiger partial charge in [0.15, 0.2) is 0 Å². The van der Waals surface area contributed by atoms with Crippen molar-refractivity contribution in [1.29, 1.82) is 0 Å². The van der Waals surface area contributed by atoms with Crippen LogP contribution in [0, 0.1) is 11.6 Å². The summed E-state index contributed by atoms with van der Waals surface area (Å²) in [5.74, 6) is -1.76. The van der Waals surface area contributed by atoms with Gasteiger partial charge < -0.3 is 10.6 Å². The summed E-state index contributed by atoms with van der Waals surface area (Å²) in [6.45, 7) is 0.485. The predicted octanol–water partition coefficient (Wildman–Crippen LogP) is 2.68. The molecule has 0 fully saturated rings. The van der Waals surface area contributed by atoms with Crippen molar-refractivity contribution >= 4 is 17.3 Å². The molecule has 3 nitrogen and oxygen atoms in total. The number of rotatable bonds is 2. The molecule has 0 aliphatic carbocycles. The Kier molecular flexibility index (Phi) is 3.33. The van der Waals surface area contributed by atoms with E-state index in [9.17, 15) is 13.6 Å². The highest BCUT2D eigenvalue weighted by Gasteiger charge is 2.27. The largest absolute Gasteiger partial charge is 0.397 e. The maximum Gasteiger partial charge on any atom is 0.231 e. The van der Waals surface area contributed by atoms with Gasteiger partial charge in [0.1, 0.15) is 11.6 Å². The van der Waals surface area contributed by atoms with Crippen LogP contribution in [0.15, 0.2) is 36.4 Å². The van der Waals surface area contributed by atoms with Crippen LogP contribution >= 0.6 is 0 Å². The van der Waals surface area contributed by atoms with Crippen LogP contribution in [0.5, 0.6) is 0 Å². The molecule has 2 N–H and O–H groups in total. The maximum atomic E-state index is 13.6. The van der Waals surface area contributed by atoms with Crippen LogP contribution in [0.3, 0.4) is 0 Å². The predicted molar refractivity (Wildman–Crippen MR) is 77.0 cm³/mol. The molecule has 0 radical (unpaired) electrons. The second-order valence-electron chi connectivity index (χ2n) is 5.03. The SMILES string of the molecule is Nc1cccc2c1N(C(=O)Cc1c(F)cccc1F)CC2. The van der Waals surface area contributed by atoms with E-state index in [1.807, 2.05) is 12.1 Å². The second kappa shape index (κ2) is 5.16. The van der Waals surface area contributed by atoms with Crippen molar-refractivity contribution in [2.75, 3.05) is 17.2 Å². The molecule has 2 aromatic carbocycles. The van der Waals surface area contributed by atoms with E-state index < -0.39 is 11.6 Å². The Bertz CT molecular complexity index is 695. The topological polar surface area (TPSA) is 46.3 Å². The normalized spacial score (nSPS) is 13.3. The van der Waals surface area contributed by atoms with Crippen molar-refractivity contribution in [3.8, 4) is 0 Å². The van der Waals surface area contributed by atoms with E-state index in [4.69, 9.17) is 5.73 Å². The average Bonchev–Trinajstić information content (AvgIpc) is 2.88. The number of amides is 1. The fraction of sp³-hybridized carbons (Fsp3) is 0.188. The highest BCUT2D eigenvalue weighted by atomic mass is 19.1. The molecule has 21 heavy (non-hydrogen) atoms. The molecule has 0 bridgehead atoms. The van der Waals surface area contributed by atoms with Crippen LogP contribution < -0.4 is 10.6 Å². The number of hydrogen-bond acceptors (Lipinski definition) is 2. The number of nitrogens with zero attached hydrogens (tertiary/aromatic N) is 1. The van der Waals surface area contributed by atoms with Gasteiger partial charge in [-0.25, -0.2) is 8.78 Å². The third-order valence-corrected chi connectivity index (χ3v) is 3.72. The summed E-state index contributed by atoms with van der Waals surface area (Å²) in [4.78, 5) is 13.9. The van der Waals surface area contributed by atoms with Crippen LogP contribution in [0.25, 0.3) is 0 Å². The number of benzene rings is 2. The van der Waals surface area contributed by atoms with E-state index in [2.05, 4.69) is 0 Å². The minimum Gasteiger partial charge on any atom is -0.397 e. The van der Waals surface area contributed by atoms with Crippen molar-refractivity contribution in [3.05, 3.63) is 59.2 Å². The summed E-state index contributed by atoms with van der Waals surface area (Å²) in [6.07, 6.45) is 0.387. The number of hydrogen-bond donors (Lipinski definition) is 1. The molecule has 5 heteroatoms. The minimum atomic E-state index is -0.705. The fourth-order valence-electron chi connectivity index (χ4n) is 2.68. The molecule has 1 aliphatic heterocycles. The van der Waals surface area contributed by atoms with Gasteiger partial charge in [-0.2, -0.15) is 0 Å². The average molecular weight is 288 g/mol. The van der Waals surface area contributed by atoms with Crippen LogP contribution in [0.1, 0.15) is 11.1 Å². The molecule has 1 amide bonds. The Morgan fingerprint density at radius 1 is 1.14 bits per heavy atom. The van der Waals surface area contributed by atoms with E-state index in [1.165, 1.54) is 11.0 Å². The third kappa shape index (κ3) is 2.35. The number of nitrogen functional groups attached to an aromatic ring is 1. The smallest absolute Gasteiger partial charge is 0.231 e. The van der Waals surface area contributed by atoms with Gasteiger partial charge in [0.2, 0.25) is 5.91 Å². The minimum absolute atomic E-state index is 0.203. The van der Waals surface area contributed by atoms with E-state index >= 15 is 0 Å². The summed E-state index contributed by atoms with van der Waals surface area (Å²) in [7, 11) is 0. The molecule has 0 saturated carbocycles. The molecule has 2 aromatic rings. The zero-order chi connectivity index (χ0) is 15.0. The highest BCUT2D eigenvalue weighted by molar-refractivity contribution is 5.99. The Morgan fingerprint density at radius 2 is 1.81 bits per heavy atom. The molecule has 0 atom stereocenters. The molecule has 0 unspecified atom stereocenters. The molecular formula is C16H14F2N2O. The van der Waals surface area contributed by atoms with Crippen LogP contribution in [0.2, 0.25) is 0 Å². The molecular weight excluding hydrogens is 274 g/mol. The van der Waals surface area contributed by atoms with E-state index in [-0.39, 0.29) is 17.9 Å². The van der Waals surface area contributed by atoms with Crippen molar-refractivity contribution in [1.82, 2.24) is 0 Å². The van der Waals surface area contributed by atoms with Gasteiger partial charge in [-0.05, 0) is 30.2 Å². The van der Waals surface area contributed by atoms with Gasteiger partial charge in [-0.1, -0.05) is 18.2 Å². The molecule has 0 saturated heterocycles. The lowest BCUT2D eigenvalue weighted by Crippen LogP contribution is -2.31. The first-order chi connectivity index (χ1) is 10.1. The molecule has 108 valence electrons. The molecule has 0 aromatic heterocycles. The number of halogens is 2. The Hall–Kier alpha value is -2.43. The van der Waals surface area contributed by atoms with Crippen LogP contribution in [0.4, 0.5) is 20.2 Å². The maximum absolute atomic E-state index is 13.6. The summed E-state index contributed by atoms with van der Waals surface area (Å²) in [6, 6.07) is 9.03. The number of fused-ring (bicyclic) bond motifs is 1. The Labute approximate surface area is 121 Å².